The lowest BCUT2D eigenvalue weighted by molar-refractivity contribution is -0.116. The molecular formula is C18H21N3O3S. The molecule has 2 aromatic carbocycles. The van der Waals surface area contributed by atoms with Crippen LogP contribution >= 0.6 is 12.2 Å². The molecule has 2 aromatic rings. The molecule has 0 aliphatic carbocycles. The molecule has 0 spiro atoms. The molecule has 2 rings (SSSR count). The molecular weight excluding hydrogens is 338 g/mol. The van der Waals surface area contributed by atoms with Gasteiger partial charge in [0.25, 0.3) is 0 Å². The summed E-state index contributed by atoms with van der Waals surface area (Å²) in [7, 11) is 4.90. The lowest BCUT2D eigenvalue weighted by atomic mass is 10.2. The minimum absolute atomic E-state index is 0.0219. The van der Waals surface area contributed by atoms with Gasteiger partial charge in [-0.2, -0.15) is 0 Å². The Bertz CT molecular complexity index is 763. The van der Waals surface area contributed by atoms with Crippen LogP contribution in [-0.4, -0.2) is 32.3 Å². The standard InChI is InChI=1S/C18H21N3O3S/c1-12(22)21(2)15-8-5-13(6-9-15)19-18(25)20-14-7-10-16(23-3)17(11-14)24-4/h5-11H,1-4H3,(H2,19,20,25). The number of thiocarbonyl (C=S) groups is 1. The van der Waals surface area contributed by atoms with E-state index in [0.717, 1.165) is 17.1 Å². The Hall–Kier alpha value is -2.80. The molecule has 0 aromatic heterocycles. The summed E-state index contributed by atoms with van der Waals surface area (Å²) in [4.78, 5) is 12.9. The van der Waals surface area contributed by atoms with E-state index < -0.39 is 0 Å². The zero-order valence-electron chi connectivity index (χ0n) is 14.6. The second kappa shape index (κ2) is 8.34. The number of carbonyl (C=O) groups is 1. The first-order valence-electron chi connectivity index (χ1n) is 7.59. The number of ether oxygens (including phenoxy) is 2. The Morgan fingerprint density at radius 3 is 2.08 bits per heavy atom. The first kappa shape index (κ1) is 18.5. The van der Waals surface area contributed by atoms with Crippen molar-refractivity contribution in [1.29, 1.82) is 0 Å². The van der Waals surface area contributed by atoms with Gasteiger partial charge in [0.2, 0.25) is 5.91 Å². The van der Waals surface area contributed by atoms with E-state index in [1.807, 2.05) is 30.3 Å². The highest BCUT2D eigenvalue weighted by Gasteiger charge is 2.07. The lowest BCUT2D eigenvalue weighted by Crippen LogP contribution is -2.23. The molecule has 0 saturated heterocycles. The van der Waals surface area contributed by atoms with Crippen LogP contribution in [0.4, 0.5) is 17.1 Å². The maximum atomic E-state index is 11.4. The minimum Gasteiger partial charge on any atom is -0.493 e. The Morgan fingerprint density at radius 1 is 0.960 bits per heavy atom. The fourth-order valence-electron chi connectivity index (χ4n) is 2.16. The van der Waals surface area contributed by atoms with Crippen LogP contribution in [-0.2, 0) is 4.79 Å². The third-order valence-corrected chi connectivity index (χ3v) is 3.83. The largest absolute Gasteiger partial charge is 0.493 e. The average molecular weight is 359 g/mol. The van der Waals surface area contributed by atoms with E-state index in [0.29, 0.717) is 16.6 Å². The van der Waals surface area contributed by atoms with E-state index in [2.05, 4.69) is 10.6 Å². The molecule has 0 radical (unpaired) electrons. The summed E-state index contributed by atoms with van der Waals surface area (Å²) in [6, 6.07) is 12.9. The second-order valence-electron chi connectivity index (χ2n) is 5.27. The molecule has 0 unspecified atom stereocenters. The Kier molecular flexibility index (Phi) is 6.19. The molecule has 25 heavy (non-hydrogen) atoms. The summed E-state index contributed by atoms with van der Waals surface area (Å²) in [6.45, 7) is 1.52. The molecule has 0 bridgehead atoms. The van der Waals surface area contributed by atoms with Crippen LogP contribution in [0.2, 0.25) is 0 Å². The van der Waals surface area contributed by atoms with Crippen LogP contribution in [0.5, 0.6) is 11.5 Å². The number of carbonyl (C=O) groups excluding carboxylic acids is 1. The maximum absolute atomic E-state index is 11.4. The van der Waals surface area contributed by atoms with E-state index in [1.54, 1.807) is 38.3 Å². The number of nitrogens with zero attached hydrogens (tertiary/aromatic N) is 1. The highest BCUT2D eigenvalue weighted by molar-refractivity contribution is 7.80. The number of benzene rings is 2. The molecule has 0 heterocycles. The zero-order chi connectivity index (χ0) is 18.4. The van der Waals surface area contributed by atoms with E-state index in [-0.39, 0.29) is 5.91 Å². The molecule has 0 fully saturated rings. The first-order chi connectivity index (χ1) is 11.9. The summed E-state index contributed by atoms with van der Waals surface area (Å²) in [5.41, 5.74) is 2.42. The minimum atomic E-state index is -0.0219. The number of methoxy groups -OCH3 is 2. The van der Waals surface area contributed by atoms with Crippen molar-refractivity contribution in [3.05, 3.63) is 42.5 Å². The van der Waals surface area contributed by atoms with Crippen molar-refractivity contribution >= 4 is 40.3 Å². The van der Waals surface area contributed by atoms with Crippen LogP contribution in [0.25, 0.3) is 0 Å². The van der Waals surface area contributed by atoms with E-state index in [9.17, 15) is 4.79 Å². The maximum Gasteiger partial charge on any atom is 0.223 e. The fraction of sp³-hybridized carbons (Fsp3) is 0.222. The van der Waals surface area contributed by atoms with Gasteiger partial charge in [0.15, 0.2) is 16.6 Å². The number of amides is 1. The topological polar surface area (TPSA) is 62.8 Å². The monoisotopic (exact) mass is 359 g/mol. The van der Waals surface area contributed by atoms with Crippen LogP contribution < -0.4 is 25.0 Å². The van der Waals surface area contributed by atoms with E-state index in [4.69, 9.17) is 21.7 Å². The number of hydrogen-bond donors (Lipinski definition) is 2. The molecule has 132 valence electrons. The van der Waals surface area contributed by atoms with Crippen molar-refractivity contribution in [1.82, 2.24) is 0 Å². The number of nitrogens with one attached hydrogen (secondary N) is 2. The normalized spacial score (nSPS) is 9.92. The molecule has 7 heteroatoms. The van der Waals surface area contributed by atoms with Crippen molar-refractivity contribution in [2.75, 3.05) is 36.8 Å². The predicted molar refractivity (Wildman–Crippen MR) is 105 cm³/mol. The van der Waals surface area contributed by atoms with Gasteiger partial charge in [-0.25, -0.2) is 0 Å². The van der Waals surface area contributed by atoms with Crippen LogP contribution in [0, 0.1) is 0 Å². The number of hydrogen-bond acceptors (Lipinski definition) is 4. The van der Waals surface area contributed by atoms with Crippen molar-refractivity contribution in [2.45, 2.75) is 6.92 Å². The van der Waals surface area contributed by atoms with Gasteiger partial charge in [0, 0.05) is 37.1 Å². The highest BCUT2D eigenvalue weighted by atomic mass is 32.1. The summed E-state index contributed by atoms with van der Waals surface area (Å²) in [6.07, 6.45) is 0. The van der Waals surface area contributed by atoms with Gasteiger partial charge in [0.05, 0.1) is 14.2 Å². The van der Waals surface area contributed by atoms with Crippen molar-refractivity contribution < 1.29 is 14.3 Å². The van der Waals surface area contributed by atoms with Crippen LogP contribution in [0.3, 0.4) is 0 Å². The molecule has 0 aliphatic rings. The van der Waals surface area contributed by atoms with Gasteiger partial charge in [-0.3, -0.25) is 4.79 Å². The van der Waals surface area contributed by atoms with Gasteiger partial charge in [0.1, 0.15) is 0 Å². The van der Waals surface area contributed by atoms with Crippen molar-refractivity contribution in [2.24, 2.45) is 0 Å². The zero-order valence-corrected chi connectivity index (χ0v) is 15.4. The third kappa shape index (κ3) is 4.84. The van der Waals surface area contributed by atoms with E-state index in [1.165, 1.54) is 6.92 Å². The molecule has 0 saturated carbocycles. The van der Waals surface area contributed by atoms with Gasteiger partial charge in [-0.05, 0) is 48.6 Å². The SMILES string of the molecule is COc1ccc(NC(=S)Nc2ccc(N(C)C(C)=O)cc2)cc1OC. The van der Waals surface area contributed by atoms with Crippen LogP contribution in [0.1, 0.15) is 6.92 Å². The fourth-order valence-corrected chi connectivity index (χ4v) is 2.39. The lowest BCUT2D eigenvalue weighted by Gasteiger charge is -2.16. The van der Waals surface area contributed by atoms with E-state index >= 15 is 0 Å². The van der Waals surface area contributed by atoms with Gasteiger partial charge < -0.3 is 25.0 Å². The number of anilines is 3. The summed E-state index contributed by atoms with van der Waals surface area (Å²) in [5, 5.41) is 6.63. The van der Waals surface area contributed by atoms with Crippen LogP contribution in [0.15, 0.2) is 42.5 Å². The summed E-state index contributed by atoms with van der Waals surface area (Å²) >= 11 is 5.33. The van der Waals surface area contributed by atoms with Crippen molar-refractivity contribution in [3.8, 4) is 11.5 Å². The molecule has 0 aliphatic heterocycles. The van der Waals surface area contributed by atoms with Gasteiger partial charge in [-0.15, -0.1) is 0 Å². The van der Waals surface area contributed by atoms with Gasteiger partial charge >= 0.3 is 0 Å². The second-order valence-corrected chi connectivity index (χ2v) is 5.68. The first-order valence-corrected chi connectivity index (χ1v) is 8.00. The highest BCUT2D eigenvalue weighted by Crippen LogP contribution is 2.29. The Balaban J connectivity index is 2.01. The third-order valence-electron chi connectivity index (χ3n) is 3.63. The number of rotatable bonds is 5. The average Bonchev–Trinajstić information content (AvgIpc) is 2.61. The Labute approximate surface area is 152 Å². The molecule has 2 N–H and O–H groups in total. The smallest absolute Gasteiger partial charge is 0.223 e. The Morgan fingerprint density at radius 2 is 1.52 bits per heavy atom. The molecule has 0 atom stereocenters. The van der Waals surface area contributed by atoms with Crippen molar-refractivity contribution in [3.63, 3.8) is 0 Å². The van der Waals surface area contributed by atoms with Gasteiger partial charge in [-0.1, -0.05) is 0 Å². The predicted octanol–water partition coefficient (Wildman–Crippen LogP) is 3.50. The molecule has 1 amide bonds. The molecule has 6 nitrogen and oxygen atoms in total. The quantitative estimate of drug-likeness (QED) is 0.797. The summed E-state index contributed by atoms with van der Waals surface area (Å²) < 4.78 is 10.5. The summed E-state index contributed by atoms with van der Waals surface area (Å²) in [5.74, 6) is 1.25.